The second-order valence-corrected chi connectivity index (χ2v) is 5.73. The second-order valence-electron chi connectivity index (χ2n) is 4.00. The summed E-state index contributed by atoms with van der Waals surface area (Å²) in [5, 5.41) is 0. The molecule has 7 heteroatoms. The Kier molecular flexibility index (Phi) is 5.44. The predicted molar refractivity (Wildman–Crippen MR) is 74.1 cm³/mol. The van der Waals surface area contributed by atoms with Crippen LogP contribution in [-0.2, 0) is 10.0 Å². The number of unbranched alkanes of at least 4 members (excludes halogenated alkanes) is 1. The van der Waals surface area contributed by atoms with E-state index in [0.717, 1.165) is 12.8 Å². The van der Waals surface area contributed by atoms with Gasteiger partial charge in [-0.2, -0.15) is 0 Å². The lowest BCUT2D eigenvalue weighted by Gasteiger charge is -2.13. The third-order valence-corrected chi connectivity index (χ3v) is 4.11. The highest BCUT2D eigenvalue weighted by atomic mass is 32.2. The van der Waals surface area contributed by atoms with E-state index in [1.54, 1.807) is 0 Å². The summed E-state index contributed by atoms with van der Waals surface area (Å²) in [6, 6.07) is 2.80. The zero-order chi connectivity index (χ0) is 14.5. The molecule has 1 rings (SSSR count). The third kappa shape index (κ3) is 3.74. The zero-order valence-corrected chi connectivity index (χ0v) is 12.2. The van der Waals surface area contributed by atoms with Crippen LogP contribution in [0.5, 0.6) is 11.5 Å². The highest BCUT2D eigenvalue weighted by molar-refractivity contribution is 7.89. The standard InChI is InChI=1S/C12H20N2O4S/c1-4-5-6-14-19(15,16)12-8-10(17-2)9(13)7-11(12)18-3/h7-8,14H,4-6,13H2,1-3H3. The molecule has 108 valence electrons. The Hall–Kier alpha value is -1.47. The molecule has 0 spiro atoms. The van der Waals surface area contributed by atoms with Crippen molar-refractivity contribution in [3.05, 3.63) is 12.1 Å². The molecule has 0 bridgehead atoms. The van der Waals surface area contributed by atoms with Gasteiger partial charge in [0.15, 0.2) is 0 Å². The molecular formula is C12H20N2O4S. The molecule has 19 heavy (non-hydrogen) atoms. The van der Waals surface area contributed by atoms with Gasteiger partial charge in [0, 0.05) is 18.7 Å². The normalized spacial score (nSPS) is 11.3. The van der Waals surface area contributed by atoms with Crippen molar-refractivity contribution in [2.75, 3.05) is 26.5 Å². The fraction of sp³-hybridized carbons (Fsp3) is 0.500. The van der Waals surface area contributed by atoms with Gasteiger partial charge >= 0.3 is 0 Å². The van der Waals surface area contributed by atoms with Crippen LogP contribution in [0.3, 0.4) is 0 Å². The van der Waals surface area contributed by atoms with Gasteiger partial charge in [-0.15, -0.1) is 0 Å². The molecule has 0 aliphatic heterocycles. The molecule has 0 aromatic heterocycles. The second kappa shape index (κ2) is 6.63. The Balaban J connectivity index is 3.16. The van der Waals surface area contributed by atoms with Gasteiger partial charge in [0.25, 0.3) is 0 Å². The van der Waals surface area contributed by atoms with E-state index in [1.807, 2.05) is 6.92 Å². The fourth-order valence-electron chi connectivity index (χ4n) is 1.56. The van der Waals surface area contributed by atoms with Crippen LogP contribution in [0.4, 0.5) is 5.69 Å². The minimum Gasteiger partial charge on any atom is -0.495 e. The molecule has 0 aliphatic rings. The maximum absolute atomic E-state index is 12.2. The van der Waals surface area contributed by atoms with Crippen molar-refractivity contribution in [3.63, 3.8) is 0 Å². The van der Waals surface area contributed by atoms with E-state index in [9.17, 15) is 8.42 Å². The number of methoxy groups -OCH3 is 2. The molecule has 0 fully saturated rings. The first-order valence-corrected chi connectivity index (χ1v) is 7.45. The molecule has 6 nitrogen and oxygen atoms in total. The Morgan fingerprint density at radius 2 is 1.84 bits per heavy atom. The lowest BCUT2D eigenvalue weighted by atomic mass is 10.3. The van der Waals surface area contributed by atoms with Crippen LogP contribution in [0, 0.1) is 0 Å². The molecule has 0 saturated heterocycles. The van der Waals surface area contributed by atoms with Crippen LogP contribution < -0.4 is 19.9 Å². The number of hydrogen-bond donors (Lipinski definition) is 2. The van der Waals surface area contributed by atoms with Crippen molar-refractivity contribution >= 4 is 15.7 Å². The fourth-order valence-corrected chi connectivity index (χ4v) is 2.80. The molecule has 3 N–H and O–H groups in total. The monoisotopic (exact) mass is 288 g/mol. The highest BCUT2D eigenvalue weighted by Gasteiger charge is 2.21. The third-order valence-electron chi connectivity index (χ3n) is 2.63. The largest absolute Gasteiger partial charge is 0.495 e. The summed E-state index contributed by atoms with van der Waals surface area (Å²) in [6.07, 6.45) is 1.68. The van der Waals surface area contributed by atoms with Crippen molar-refractivity contribution in [1.82, 2.24) is 4.72 Å². The molecule has 0 atom stereocenters. The van der Waals surface area contributed by atoms with Crippen molar-refractivity contribution in [2.45, 2.75) is 24.7 Å². The van der Waals surface area contributed by atoms with Gasteiger partial charge in [-0.25, -0.2) is 13.1 Å². The number of rotatable bonds is 7. The van der Waals surface area contributed by atoms with Gasteiger partial charge in [-0.3, -0.25) is 0 Å². The van der Waals surface area contributed by atoms with Gasteiger partial charge in [-0.05, 0) is 6.42 Å². The van der Waals surface area contributed by atoms with Gasteiger partial charge in [0.2, 0.25) is 10.0 Å². The topological polar surface area (TPSA) is 90.7 Å². The average molecular weight is 288 g/mol. The summed E-state index contributed by atoms with van der Waals surface area (Å²) in [4.78, 5) is 0.0251. The van der Waals surface area contributed by atoms with Gasteiger partial charge in [-0.1, -0.05) is 13.3 Å². The molecular weight excluding hydrogens is 268 g/mol. The van der Waals surface area contributed by atoms with Crippen LogP contribution >= 0.6 is 0 Å². The summed E-state index contributed by atoms with van der Waals surface area (Å²) in [5.74, 6) is 0.499. The van der Waals surface area contributed by atoms with Crippen LogP contribution in [0.25, 0.3) is 0 Å². The summed E-state index contributed by atoms with van der Waals surface area (Å²) < 4.78 is 37.0. The van der Waals surface area contributed by atoms with Gasteiger partial charge < -0.3 is 15.2 Å². The van der Waals surface area contributed by atoms with Crippen LogP contribution in [0.1, 0.15) is 19.8 Å². The first-order chi connectivity index (χ1) is 8.96. The highest BCUT2D eigenvalue weighted by Crippen LogP contribution is 2.33. The van der Waals surface area contributed by atoms with E-state index < -0.39 is 10.0 Å². The average Bonchev–Trinajstić information content (AvgIpc) is 2.38. The number of ether oxygens (including phenoxy) is 2. The van der Waals surface area contributed by atoms with E-state index in [4.69, 9.17) is 15.2 Å². The van der Waals surface area contributed by atoms with Gasteiger partial charge in [0.05, 0.1) is 19.9 Å². The van der Waals surface area contributed by atoms with E-state index >= 15 is 0 Å². The van der Waals surface area contributed by atoms with E-state index in [1.165, 1.54) is 26.4 Å². The Bertz CT molecular complexity index is 529. The minimum atomic E-state index is -3.64. The number of nitrogens with one attached hydrogen (secondary N) is 1. The summed E-state index contributed by atoms with van der Waals surface area (Å²) in [7, 11) is -0.810. The lowest BCUT2D eigenvalue weighted by Crippen LogP contribution is -2.25. The first-order valence-electron chi connectivity index (χ1n) is 5.97. The number of anilines is 1. The number of sulfonamides is 1. The van der Waals surface area contributed by atoms with Crippen LogP contribution in [0.15, 0.2) is 17.0 Å². The Morgan fingerprint density at radius 3 is 2.37 bits per heavy atom. The smallest absolute Gasteiger partial charge is 0.244 e. The molecule has 1 aromatic rings. The van der Waals surface area contributed by atoms with Crippen LogP contribution in [0.2, 0.25) is 0 Å². The van der Waals surface area contributed by atoms with Crippen molar-refractivity contribution in [2.24, 2.45) is 0 Å². The number of hydrogen-bond acceptors (Lipinski definition) is 5. The van der Waals surface area contributed by atoms with Crippen molar-refractivity contribution < 1.29 is 17.9 Å². The number of nitrogens with two attached hydrogens (primary N) is 1. The SMILES string of the molecule is CCCCNS(=O)(=O)c1cc(OC)c(N)cc1OC. The van der Waals surface area contributed by atoms with Crippen molar-refractivity contribution in [3.8, 4) is 11.5 Å². The number of benzene rings is 1. The summed E-state index contributed by atoms with van der Waals surface area (Å²) >= 11 is 0. The Labute approximate surface area is 113 Å². The van der Waals surface area contributed by atoms with E-state index in [2.05, 4.69) is 4.72 Å². The predicted octanol–water partition coefficient (Wildman–Crippen LogP) is 1.36. The quantitative estimate of drug-likeness (QED) is 0.584. The molecule has 0 amide bonds. The Morgan fingerprint density at radius 1 is 1.21 bits per heavy atom. The molecule has 1 aromatic carbocycles. The van der Waals surface area contributed by atoms with E-state index in [0.29, 0.717) is 18.0 Å². The van der Waals surface area contributed by atoms with E-state index in [-0.39, 0.29) is 10.6 Å². The first kappa shape index (κ1) is 15.6. The molecule has 0 heterocycles. The molecule has 0 aliphatic carbocycles. The number of nitrogen functional groups attached to an aromatic ring is 1. The lowest BCUT2D eigenvalue weighted by molar-refractivity contribution is 0.393. The van der Waals surface area contributed by atoms with Crippen molar-refractivity contribution in [1.29, 1.82) is 0 Å². The molecule has 0 radical (unpaired) electrons. The summed E-state index contributed by atoms with van der Waals surface area (Å²) in [5.41, 5.74) is 6.05. The zero-order valence-electron chi connectivity index (χ0n) is 11.4. The molecule has 0 unspecified atom stereocenters. The van der Waals surface area contributed by atoms with Crippen LogP contribution in [-0.4, -0.2) is 29.2 Å². The summed E-state index contributed by atoms with van der Waals surface area (Å²) in [6.45, 7) is 2.37. The molecule has 0 saturated carbocycles. The minimum absolute atomic E-state index is 0.0251. The van der Waals surface area contributed by atoms with Gasteiger partial charge in [0.1, 0.15) is 16.4 Å². The maximum Gasteiger partial charge on any atom is 0.244 e. The maximum atomic E-state index is 12.2.